The van der Waals surface area contributed by atoms with Crippen molar-refractivity contribution < 1.29 is 27.9 Å². The molecule has 1 saturated heterocycles. The smallest absolute Gasteiger partial charge is 0.322 e. The third-order valence-corrected chi connectivity index (χ3v) is 6.90. The predicted molar refractivity (Wildman–Crippen MR) is 94.3 cm³/mol. The van der Waals surface area contributed by atoms with Crippen molar-refractivity contribution >= 4 is 27.6 Å². The lowest BCUT2D eigenvalue weighted by Gasteiger charge is -2.22. The molecule has 1 atom stereocenters. The lowest BCUT2D eigenvalue weighted by Crippen LogP contribution is -2.40. The van der Waals surface area contributed by atoms with Crippen molar-refractivity contribution in [2.45, 2.75) is 23.8 Å². The number of carbonyl (C=O) groups excluding carboxylic acids is 2. The van der Waals surface area contributed by atoms with E-state index in [1.54, 1.807) is 18.2 Å². The van der Waals surface area contributed by atoms with E-state index in [-0.39, 0.29) is 45.9 Å². The van der Waals surface area contributed by atoms with E-state index in [4.69, 9.17) is 0 Å². The molecule has 0 saturated carbocycles. The van der Waals surface area contributed by atoms with Gasteiger partial charge in [-0.25, -0.2) is 8.42 Å². The number of rotatable bonds is 3. The molecule has 0 aromatic heterocycles. The highest BCUT2D eigenvalue weighted by Crippen LogP contribution is 2.31. The Morgan fingerprint density at radius 2 is 1.56 bits per heavy atom. The first-order valence-corrected chi connectivity index (χ1v) is 9.83. The summed E-state index contributed by atoms with van der Waals surface area (Å²) in [6.07, 6.45) is 0.691. The molecule has 2 aliphatic rings. The van der Waals surface area contributed by atoms with E-state index in [0.717, 1.165) is 4.31 Å². The zero-order valence-electron chi connectivity index (χ0n) is 14.1. The summed E-state index contributed by atoms with van der Waals surface area (Å²) >= 11 is 0. The molecule has 1 aliphatic heterocycles. The Balaban J connectivity index is 1.81. The Morgan fingerprint density at radius 3 is 2.19 bits per heavy atom. The molecule has 1 unspecified atom stereocenters. The van der Waals surface area contributed by atoms with Crippen molar-refractivity contribution in [3.8, 4) is 0 Å². The quantitative estimate of drug-likeness (QED) is 0.735. The van der Waals surface area contributed by atoms with Gasteiger partial charge < -0.3 is 5.11 Å². The molecule has 0 radical (unpaired) electrons. The topological polar surface area (TPSA) is 109 Å². The zero-order chi connectivity index (χ0) is 19.3. The highest BCUT2D eigenvalue weighted by Gasteiger charge is 2.40. The van der Waals surface area contributed by atoms with Gasteiger partial charge >= 0.3 is 5.97 Å². The van der Waals surface area contributed by atoms with Crippen molar-refractivity contribution in [2.75, 3.05) is 6.54 Å². The number of hydrogen-bond acceptors (Lipinski definition) is 5. The van der Waals surface area contributed by atoms with E-state index in [0.29, 0.717) is 6.42 Å². The number of aliphatic carboxylic acids is 1. The van der Waals surface area contributed by atoms with E-state index in [1.807, 2.05) is 0 Å². The first kappa shape index (κ1) is 17.6. The van der Waals surface area contributed by atoms with Gasteiger partial charge in [-0.2, -0.15) is 4.31 Å². The van der Waals surface area contributed by atoms with Gasteiger partial charge in [-0.1, -0.05) is 24.3 Å². The van der Waals surface area contributed by atoms with Gasteiger partial charge in [0.1, 0.15) is 6.04 Å². The summed E-state index contributed by atoms with van der Waals surface area (Å²) < 4.78 is 26.8. The average molecular weight is 385 g/mol. The van der Waals surface area contributed by atoms with E-state index in [2.05, 4.69) is 0 Å². The monoisotopic (exact) mass is 385 g/mol. The Kier molecular flexibility index (Phi) is 3.97. The minimum Gasteiger partial charge on any atom is -0.480 e. The van der Waals surface area contributed by atoms with Crippen molar-refractivity contribution in [2.24, 2.45) is 0 Å². The first-order chi connectivity index (χ1) is 12.8. The molecule has 27 heavy (non-hydrogen) atoms. The molecule has 0 amide bonds. The molecule has 1 N–H and O–H groups in total. The standard InChI is InChI=1S/C19H15NO6S/c21-17-12-4-1-2-5-13(12)18(22)15-10-11(7-8-14(15)17)27(25,26)20-9-3-6-16(20)19(23)24/h1-2,4-5,7-8,10,16H,3,6,9H2,(H,23,24). The molecule has 1 aliphatic carbocycles. The molecular weight excluding hydrogens is 370 g/mol. The Hall–Kier alpha value is -2.84. The summed E-state index contributed by atoms with van der Waals surface area (Å²) in [6.45, 7) is 0.103. The van der Waals surface area contributed by atoms with Crippen molar-refractivity contribution in [3.63, 3.8) is 0 Å². The number of hydrogen-bond donors (Lipinski definition) is 1. The van der Waals surface area contributed by atoms with Crippen molar-refractivity contribution in [1.29, 1.82) is 0 Å². The van der Waals surface area contributed by atoms with Gasteiger partial charge in [-0.3, -0.25) is 14.4 Å². The van der Waals surface area contributed by atoms with Crippen LogP contribution in [0.5, 0.6) is 0 Å². The lowest BCUT2D eigenvalue weighted by atomic mass is 9.84. The number of ketones is 2. The minimum atomic E-state index is -4.10. The van der Waals surface area contributed by atoms with E-state index in [9.17, 15) is 27.9 Å². The zero-order valence-corrected chi connectivity index (χ0v) is 14.9. The van der Waals surface area contributed by atoms with Gasteiger partial charge in [0.15, 0.2) is 11.6 Å². The van der Waals surface area contributed by atoms with E-state index in [1.165, 1.54) is 24.3 Å². The van der Waals surface area contributed by atoms with Gasteiger partial charge in [0, 0.05) is 28.8 Å². The van der Waals surface area contributed by atoms with Crippen LogP contribution in [0, 0.1) is 0 Å². The summed E-state index contributed by atoms with van der Waals surface area (Å²) in [5.74, 6) is -1.96. The normalized spacial score (nSPS) is 19.6. The fourth-order valence-electron chi connectivity index (χ4n) is 3.65. The largest absolute Gasteiger partial charge is 0.480 e. The fourth-order valence-corrected chi connectivity index (χ4v) is 5.33. The van der Waals surface area contributed by atoms with E-state index >= 15 is 0 Å². The van der Waals surface area contributed by atoms with Crippen molar-refractivity contribution in [3.05, 3.63) is 64.7 Å². The average Bonchev–Trinajstić information content (AvgIpc) is 3.17. The number of carboxylic acids is 1. The molecule has 2 aromatic rings. The summed E-state index contributed by atoms with van der Waals surface area (Å²) in [7, 11) is -4.10. The van der Waals surface area contributed by atoms with Crippen LogP contribution in [0.4, 0.5) is 0 Å². The summed E-state index contributed by atoms with van der Waals surface area (Å²) in [5.41, 5.74) is 0.685. The highest BCUT2D eigenvalue weighted by molar-refractivity contribution is 7.89. The van der Waals surface area contributed by atoms with Gasteiger partial charge in [0.05, 0.1) is 4.90 Å². The number of carbonyl (C=O) groups is 3. The Labute approximate surface area is 155 Å². The SMILES string of the molecule is O=C1c2ccccc2C(=O)c2cc(S(=O)(=O)N3CCCC3C(=O)O)ccc21. The number of benzene rings is 2. The van der Waals surface area contributed by atoms with Crippen molar-refractivity contribution in [1.82, 2.24) is 4.31 Å². The molecule has 1 heterocycles. The lowest BCUT2D eigenvalue weighted by molar-refractivity contribution is -0.140. The second-order valence-corrected chi connectivity index (χ2v) is 8.41. The van der Waals surface area contributed by atoms with Crippen LogP contribution in [0.3, 0.4) is 0 Å². The van der Waals surface area contributed by atoms with E-state index < -0.39 is 27.8 Å². The number of nitrogens with zero attached hydrogens (tertiary/aromatic N) is 1. The van der Waals surface area contributed by atoms with Crippen LogP contribution in [0.15, 0.2) is 47.4 Å². The Morgan fingerprint density at radius 1 is 0.963 bits per heavy atom. The number of carboxylic acid groups (broad SMARTS) is 1. The molecule has 7 nitrogen and oxygen atoms in total. The van der Waals surface area contributed by atoms with Crippen LogP contribution in [-0.2, 0) is 14.8 Å². The predicted octanol–water partition coefficient (Wildman–Crippen LogP) is 1.70. The molecule has 0 spiro atoms. The van der Waals surface area contributed by atoms with Gasteiger partial charge in [-0.15, -0.1) is 0 Å². The molecule has 8 heteroatoms. The summed E-state index contributed by atoms with van der Waals surface area (Å²) in [5, 5.41) is 9.27. The van der Waals surface area contributed by atoms with Gasteiger partial charge in [-0.05, 0) is 31.0 Å². The summed E-state index contributed by atoms with van der Waals surface area (Å²) in [6, 6.07) is 9.02. The molecule has 1 fully saturated rings. The molecule has 0 bridgehead atoms. The maximum atomic E-state index is 12.9. The molecular formula is C19H15NO6S. The molecule has 4 rings (SSSR count). The maximum Gasteiger partial charge on any atom is 0.322 e. The number of fused-ring (bicyclic) bond motifs is 2. The molecule has 138 valence electrons. The number of sulfonamides is 1. The van der Waals surface area contributed by atoms with Gasteiger partial charge in [0.25, 0.3) is 0 Å². The molecule has 2 aromatic carbocycles. The minimum absolute atomic E-state index is 0.0193. The van der Waals surface area contributed by atoms with Crippen LogP contribution in [0.1, 0.15) is 44.7 Å². The maximum absolute atomic E-state index is 12.9. The van der Waals surface area contributed by atoms with Crippen LogP contribution >= 0.6 is 0 Å². The first-order valence-electron chi connectivity index (χ1n) is 8.39. The second kappa shape index (κ2) is 6.11. The van der Waals surface area contributed by atoms with Crippen LogP contribution in [-0.4, -0.2) is 48.0 Å². The summed E-state index contributed by atoms with van der Waals surface area (Å²) in [4.78, 5) is 36.6. The van der Waals surface area contributed by atoms with Crippen LogP contribution in [0.25, 0.3) is 0 Å². The third-order valence-electron chi connectivity index (χ3n) is 4.99. The highest BCUT2D eigenvalue weighted by atomic mass is 32.2. The van der Waals surface area contributed by atoms with Crippen LogP contribution in [0.2, 0.25) is 0 Å². The fraction of sp³-hybridized carbons (Fsp3) is 0.211. The second-order valence-electron chi connectivity index (χ2n) is 6.52. The Bertz CT molecular complexity index is 1100. The van der Waals surface area contributed by atoms with Crippen LogP contribution < -0.4 is 0 Å². The third kappa shape index (κ3) is 2.60. The van der Waals surface area contributed by atoms with Gasteiger partial charge in [0.2, 0.25) is 10.0 Å².